The minimum Gasteiger partial charge on any atom is -0.350 e. The molecule has 8 heteroatoms. The molecule has 0 aromatic carbocycles. The summed E-state index contributed by atoms with van der Waals surface area (Å²) in [7, 11) is 0. The number of amides is 1. The fourth-order valence-corrected chi connectivity index (χ4v) is 4.21. The van der Waals surface area contributed by atoms with Crippen molar-refractivity contribution in [3.8, 4) is 0 Å². The molecule has 0 bridgehead atoms. The lowest BCUT2D eigenvalue weighted by Gasteiger charge is -2.31. The van der Waals surface area contributed by atoms with E-state index in [1.165, 1.54) is 22.0 Å². The molecular formula is C16H23N5OS2. The zero-order valence-corrected chi connectivity index (χ0v) is 15.8. The molecule has 1 amide bonds. The van der Waals surface area contributed by atoms with E-state index in [0.29, 0.717) is 10.9 Å². The predicted molar refractivity (Wildman–Crippen MR) is 96.5 cm³/mol. The van der Waals surface area contributed by atoms with Gasteiger partial charge in [-0.3, -0.25) is 9.69 Å². The summed E-state index contributed by atoms with van der Waals surface area (Å²) in [6.07, 6.45) is 3.24. The van der Waals surface area contributed by atoms with Crippen LogP contribution >= 0.6 is 22.7 Å². The Bertz CT molecular complexity index is 676. The molecule has 0 atom stereocenters. The average molecular weight is 366 g/mol. The van der Waals surface area contributed by atoms with Gasteiger partial charge in [-0.1, -0.05) is 18.3 Å². The number of rotatable bonds is 6. The largest absolute Gasteiger partial charge is 0.350 e. The van der Waals surface area contributed by atoms with Crippen LogP contribution in [0.1, 0.15) is 45.3 Å². The van der Waals surface area contributed by atoms with E-state index in [9.17, 15) is 4.79 Å². The van der Waals surface area contributed by atoms with Crippen LogP contribution in [-0.2, 0) is 13.0 Å². The lowest BCUT2D eigenvalue weighted by atomic mass is 9.96. The van der Waals surface area contributed by atoms with Gasteiger partial charge in [0.05, 0.1) is 10.7 Å². The second-order valence-corrected chi connectivity index (χ2v) is 8.27. The molecule has 0 spiro atoms. The molecular weight excluding hydrogens is 342 g/mol. The number of likely N-dealkylation sites (tertiary alicyclic amines) is 1. The maximum Gasteiger partial charge on any atom is 0.282 e. The molecule has 1 fully saturated rings. The summed E-state index contributed by atoms with van der Waals surface area (Å²) in [6.45, 7) is 7.80. The summed E-state index contributed by atoms with van der Waals surface area (Å²) in [5, 5.41) is 15.4. The Morgan fingerprint density at radius 1 is 1.38 bits per heavy atom. The topological polar surface area (TPSA) is 71.0 Å². The normalized spacial score (nSPS) is 16.4. The number of aromatic nitrogens is 3. The molecule has 2 aromatic heterocycles. The van der Waals surface area contributed by atoms with E-state index in [1.807, 2.05) is 6.92 Å². The fraction of sp³-hybridized carbons (Fsp3) is 0.625. The van der Waals surface area contributed by atoms with E-state index in [-0.39, 0.29) is 5.91 Å². The highest BCUT2D eigenvalue weighted by Crippen LogP contribution is 2.20. The van der Waals surface area contributed by atoms with Crippen LogP contribution in [0.5, 0.6) is 0 Å². The SMILES string of the molecule is CCc1nc(CN2CCC(CNC(=O)c3nnc(C)s3)CC2)cs1. The molecule has 3 heterocycles. The maximum atomic E-state index is 12.0. The number of hydrogen-bond acceptors (Lipinski definition) is 7. The van der Waals surface area contributed by atoms with Gasteiger partial charge in [0.25, 0.3) is 5.91 Å². The highest BCUT2D eigenvalue weighted by molar-refractivity contribution is 7.13. The molecule has 0 saturated carbocycles. The Morgan fingerprint density at radius 3 is 2.79 bits per heavy atom. The van der Waals surface area contributed by atoms with Gasteiger partial charge in [0, 0.05) is 18.5 Å². The van der Waals surface area contributed by atoms with Crippen LogP contribution in [0, 0.1) is 12.8 Å². The quantitative estimate of drug-likeness (QED) is 0.852. The van der Waals surface area contributed by atoms with Gasteiger partial charge in [0.15, 0.2) is 0 Å². The molecule has 1 aliphatic rings. The van der Waals surface area contributed by atoms with Crippen LogP contribution in [0.2, 0.25) is 0 Å². The first-order valence-electron chi connectivity index (χ1n) is 8.38. The first-order chi connectivity index (χ1) is 11.6. The van der Waals surface area contributed by atoms with E-state index in [2.05, 4.69) is 37.7 Å². The first-order valence-corrected chi connectivity index (χ1v) is 10.1. The third-order valence-corrected chi connectivity index (χ3v) is 6.15. The van der Waals surface area contributed by atoms with Gasteiger partial charge >= 0.3 is 0 Å². The van der Waals surface area contributed by atoms with Crippen molar-refractivity contribution in [2.45, 2.75) is 39.7 Å². The lowest BCUT2D eigenvalue weighted by molar-refractivity contribution is 0.0934. The van der Waals surface area contributed by atoms with Crippen LogP contribution in [0.15, 0.2) is 5.38 Å². The molecule has 1 N–H and O–H groups in total. The van der Waals surface area contributed by atoms with Crippen molar-refractivity contribution in [1.82, 2.24) is 25.4 Å². The van der Waals surface area contributed by atoms with Crippen molar-refractivity contribution in [2.75, 3.05) is 19.6 Å². The van der Waals surface area contributed by atoms with Crippen LogP contribution < -0.4 is 5.32 Å². The standard InChI is InChI=1S/C16H23N5OS2/c1-3-14-18-13(10-23-14)9-21-6-4-12(5-7-21)8-17-15(22)16-20-19-11(2)24-16/h10,12H,3-9H2,1-2H3,(H,17,22). The molecule has 2 aromatic rings. The van der Waals surface area contributed by atoms with E-state index < -0.39 is 0 Å². The van der Waals surface area contributed by atoms with Crippen LogP contribution in [0.3, 0.4) is 0 Å². The van der Waals surface area contributed by atoms with Crippen molar-refractivity contribution in [2.24, 2.45) is 5.92 Å². The Balaban J connectivity index is 1.39. The number of nitrogens with zero attached hydrogens (tertiary/aromatic N) is 4. The van der Waals surface area contributed by atoms with Gasteiger partial charge in [-0.05, 0) is 45.2 Å². The van der Waals surface area contributed by atoms with Crippen molar-refractivity contribution in [1.29, 1.82) is 0 Å². The Kier molecular flexibility index (Phi) is 5.91. The van der Waals surface area contributed by atoms with Gasteiger partial charge in [0.1, 0.15) is 5.01 Å². The van der Waals surface area contributed by atoms with Crippen molar-refractivity contribution >= 4 is 28.6 Å². The van der Waals surface area contributed by atoms with E-state index in [4.69, 9.17) is 0 Å². The van der Waals surface area contributed by atoms with Gasteiger partial charge in [-0.15, -0.1) is 21.5 Å². The van der Waals surface area contributed by atoms with Crippen LogP contribution in [-0.4, -0.2) is 45.6 Å². The molecule has 0 aliphatic carbocycles. The van der Waals surface area contributed by atoms with Crippen LogP contribution in [0.4, 0.5) is 0 Å². The smallest absolute Gasteiger partial charge is 0.282 e. The van der Waals surface area contributed by atoms with Crippen molar-refractivity contribution < 1.29 is 4.79 Å². The number of hydrogen-bond donors (Lipinski definition) is 1. The summed E-state index contributed by atoms with van der Waals surface area (Å²) in [4.78, 5) is 19.1. The molecule has 6 nitrogen and oxygen atoms in total. The number of nitrogens with one attached hydrogen (secondary N) is 1. The minimum atomic E-state index is -0.0994. The van der Waals surface area contributed by atoms with Gasteiger partial charge in [-0.25, -0.2) is 4.98 Å². The summed E-state index contributed by atoms with van der Waals surface area (Å²) >= 11 is 3.09. The minimum absolute atomic E-state index is 0.0994. The van der Waals surface area contributed by atoms with Gasteiger partial charge < -0.3 is 5.32 Å². The molecule has 0 radical (unpaired) electrons. The zero-order valence-electron chi connectivity index (χ0n) is 14.1. The lowest BCUT2D eigenvalue weighted by Crippen LogP contribution is -2.38. The zero-order chi connectivity index (χ0) is 16.9. The molecule has 0 unspecified atom stereocenters. The second kappa shape index (κ2) is 8.13. The maximum absolute atomic E-state index is 12.0. The Hall–Kier alpha value is -1.38. The fourth-order valence-electron chi connectivity index (χ4n) is 2.86. The second-order valence-electron chi connectivity index (χ2n) is 6.14. The summed E-state index contributed by atoms with van der Waals surface area (Å²) in [5.41, 5.74) is 1.19. The van der Waals surface area contributed by atoms with Crippen molar-refractivity contribution in [3.05, 3.63) is 26.1 Å². The molecule has 3 rings (SSSR count). The summed E-state index contributed by atoms with van der Waals surface area (Å²) < 4.78 is 0. The number of piperidine rings is 1. The monoisotopic (exact) mass is 365 g/mol. The van der Waals surface area contributed by atoms with E-state index in [1.54, 1.807) is 11.3 Å². The summed E-state index contributed by atoms with van der Waals surface area (Å²) in [6, 6.07) is 0. The number of aryl methyl sites for hydroxylation is 2. The van der Waals surface area contributed by atoms with Gasteiger partial charge in [0.2, 0.25) is 5.01 Å². The van der Waals surface area contributed by atoms with E-state index >= 15 is 0 Å². The average Bonchev–Trinajstić information content (AvgIpc) is 3.23. The third kappa shape index (κ3) is 4.58. The molecule has 24 heavy (non-hydrogen) atoms. The van der Waals surface area contributed by atoms with Crippen LogP contribution in [0.25, 0.3) is 0 Å². The molecule has 1 saturated heterocycles. The first kappa shape index (κ1) is 17.4. The number of carbonyl (C=O) groups is 1. The summed E-state index contributed by atoms with van der Waals surface area (Å²) in [5.74, 6) is 0.443. The predicted octanol–water partition coefficient (Wildman–Crippen LogP) is 2.51. The van der Waals surface area contributed by atoms with Crippen molar-refractivity contribution in [3.63, 3.8) is 0 Å². The van der Waals surface area contributed by atoms with Gasteiger partial charge in [-0.2, -0.15) is 0 Å². The Morgan fingerprint density at radius 2 is 2.17 bits per heavy atom. The highest BCUT2D eigenvalue weighted by atomic mass is 32.1. The number of thiazole rings is 1. The third-order valence-electron chi connectivity index (χ3n) is 4.27. The molecule has 130 valence electrons. The molecule has 1 aliphatic heterocycles. The van der Waals surface area contributed by atoms with E-state index in [0.717, 1.165) is 50.4 Å². The number of carbonyl (C=O) groups excluding carboxylic acids is 1. The Labute approximate surface area is 150 Å². The highest BCUT2D eigenvalue weighted by Gasteiger charge is 2.21.